The Balaban J connectivity index is 2.09. The zero-order valence-electron chi connectivity index (χ0n) is 8.45. The molecule has 0 aliphatic carbocycles. The van der Waals surface area contributed by atoms with Crippen LogP contribution in [0.1, 0.15) is 5.56 Å². The highest BCUT2D eigenvalue weighted by atomic mass is 35.5. The second kappa shape index (κ2) is 4.94. The van der Waals surface area contributed by atoms with Crippen LogP contribution in [-0.4, -0.2) is 4.98 Å². The van der Waals surface area contributed by atoms with E-state index in [0.717, 1.165) is 5.56 Å². The fourth-order valence-electron chi connectivity index (χ4n) is 1.34. The van der Waals surface area contributed by atoms with Crippen LogP contribution in [0.4, 0.5) is 10.1 Å². The minimum absolute atomic E-state index is 0.271. The molecule has 0 unspecified atom stereocenters. The number of para-hydroxylation sites is 1. The third kappa shape index (κ3) is 2.49. The first-order valence-electron chi connectivity index (χ1n) is 4.84. The van der Waals surface area contributed by atoms with Gasteiger partial charge in [0.2, 0.25) is 0 Å². The van der Waals surface area contributed by atoms with Crippen molar-refractivity contribution in [1.29, 1.82) is 0 Å². The normalized spacial score (nSPS) is 10.1. The maximum atomic E-state index is 13.3. The largest absolute Gasteiger partial charge is 0.379 e. The first-order chi connectivity index (χ1) is 7.77. The summed E-state index contributed by atoms with van der Waals surface area (Å²) in [4.78, 5) is 3.88. The summed E-state index contributed by atoms with van der Waals surface area (Å²) in [6.07, 6.45) is 3.23. The minimum atomic E-state index is -0.271. The van der Waals surface area contributed by atoms with Gasteiger partial charge in [0, 0.05) is 18.9 Å². The van der Waals surface area contributed by atoms with Gasteiger partial charge in [0.15, 0.2) is 0 Å². The lowest BCUT2D eigenvalue weighted by atomic mass is 10.2. The van der Waals surface area contributed by atoms with Crippen molar-refractivity contribution >= 4 is 17.3 Å². The smallest absolute Gasteiger partial charge is 0.146 e. The number of anilines is 1. The van der Waals surface area contributed by atoms with Gasteiger partial charge in [-0.15, -0.1) is 0 Å². The van der Waals surface area contributed by atoms with Crippen LogP contribution in [0.25, 0.3) is 0 Å². The van der Waals surface area contributed by atoms with E-state index in [4.69, 9.17) is 11.6 Å². The Morgan fingerprint density at radius 2 is 2.06 bits per heavy atom. The van der Waals surface area contributed by atoms with Gasteiger partial charge in [-0.2, -0.15) is 0 Å². The van der Waals surface area contributed by atoms with Crippen LogP contribution in [0.5, 0.6) is 0 Å². The Hall–Kier alpha value is -1.61. The fourth-order valence-corrected chi connectivity index (χ4v) is 1.53. The monoisotopic (exact) mass is 236 g/mol. The van der Waals surface area contributed by atoms with Gasteiger partial charge in [0.05, 0.1) is 10.7 Å². The molecular formula is C12H10ClFN2. The molecule has 0 saturated carbocycles. The molecule has 0 bridgehead atoms. The van der Waals surface area contributed by atoms with Crippen molar-refractivity contribution < 1.29 is 4.39 Å². The van der Waals surface area contributed by atoms with Crippen molar-refractivity contribution in [3.63, 3.8) is 0 Å². The van der Waals surface area contributed by atoms with Gasteiger partial charge in [0.1, 0.15) is 5.82 Å². The standard InChI is InChI=1S/C12H10ClFN2/c13-10-8-15-6-5-9(10)7-16-12-4-2-1-3-11(12)14/h1-6,8,16H,7H2. The number of rotatable bonds is 3. The van der Waals surface area contributed by atoms with E-state index < -0.39 is 0 Å². The van der Waals surface area contributed by atoms with Crippen molar-refractivity contribution in [3.8, 4) is 0 Å². The number of hydrogen-bond donors (Lipinski definition) is 1. The molecule has 0 saturated heterocycles. The summed E-state index contributed by atoms with van der Waals surface area (Å²) in [6, 6.07) is 8.33. The molecule has 0 radical (unpaired) electrons. The van der Waals surface area contributed by atoms with E-state index in [1.807, 2.05) is 0 Å². The molecule has 0 spiro atoms. The van der Waals surface area contributed by atoms with Crippen LogP contribution in [-0.2, 0) is 6.54 Å². The Morgan fingerprint density at radius 1 is 1.25 bits per heavy atom. The highest BCUT2D eigenvalue weighted by Gasteiger charge is 2.02. The lowest BCUT2D eigenvalue weighted by Crippen LogP contribution is -2.01. The number of benzene rings is 1. The number of nitrogens with zero attached hydrogens (tertiary/aromatic N) is 1. The van der Waals surface area contributed by atoms with Crippen LogP contribution in [0, 0.1) is 5.82 Å². The number of hydrogen-bond acceptors (Lipinski definition) is 2. The third-order valence-corrected chi connectivity index (χ3v) is 2.54. The van der Waals surface area contributed by atoms with Gasteiger partial charge in [-0.05, 0) is 23.8 Å². The maximum absolute atomic E-state index is 13.3. The predicted octanol–water partition coefficient (Wildman–Crippen LogP) is 3.49. The maximum Gasteiger partial charge on any atom is 0.146 e. The van der Waals surface area contributed by atoms with Crippen LogP contribution >= 0.6 is 11.6 Å². The van der Waals surface area contributed by atoms with E-state index in [-0.39, 0.29) is 5.82 Å². The van der Waals surface area contributed by atoms with E-state index in [9.17, 15) is 4.39 Å². The zero-order valence-corrected chi connectivity index (χ0v) is 9.21. The van der Waals surface area contributed by atoms with Gasteiger partial charge < -0.3 is 5.32 Å². The second-order valence-corrected chi connectivity index (χ2v) is 3.71. The van der Waals surface area contributed by atoms with E-state index >= 15 is 0 Å². The summed E-state index contributed by atoms with van der Waals surface area (Å²) in [5, 5.41) is 3.56. The van der Waals surface area contributed by atoms with Crippen molar-refractivity contribution in [1.82, 2.24) is 4.98 Å². The highest BCUT2D eigenvalue weighted by molar-refractivity contribution is 6.31. The van der Waals surface area contributed by atoms with Gasteiger partial charge in [-0.1, -0.05) is 23.7 Å². The quantitative estimate of drug-likeness (QED) is 0.883. The molecule has 1 heterocycles. The lowest BCUT2D eigenvalue weighted by Gasteiger charge is -2.08. The minimum Gasteiger partial charge on any atom is -0.379 e. The van der Waals surface area contributed by atoms with Crippen molar-refractivity contribution in [2.24, 2.45) is 0 Å². The molecule has 2 aromatic rings. The fraction of sp³-hybridized carbons (Fsp3) is 0.0833. The lowest BCUT2D eigenvalue weighted by molar-refractivity contribution is 0.630. The summed E-state index contributed by atoms with van der Waals surface area (Å²) < 4.78 is 13.3. The number of nitrogens with one attached hydrogen (secondary N) is 1. The number of aromatic nitrogens is 1. The molecule has 16 heavy (non-hydrogen) atoms. The van der Waals surface area contributed by atoms with Crippen LogP contribution in [0.15, 0.2) is 42.7 Å². The molecule has 1 aromatic carbocycles. The van der Waals surface area contributed by atoms with Crippen LogP contribution in [0.3, 0.4) is 0 Å². The topological polar surface area (TPSA) is 24.9 Å². The summed E-state index contributed by atoms with van der Waals surface area (Å²) in [5.74, 6) is -0.271. The van der Waals surface area contributed by atoms with Gasteiger partial charge >= 0.3 is 0 Å². The molecule has 1 aromatic heterocycles. The Morgan fingerprint density at radius 3 is 2.81 bits per heavy atom. The van der Waals surface area contributed by atoms with Crippen molar-refractivity contribution in [2.45, 2.75) is 6.54 Å². The summed E-state index contributed by atoms with van der Waals surface area (Å²) in [6.45, 7) is 0.474. The van der Waals surface area contributed by atoms with Crippen molar-refractivity contribution in [3.05, 3.63) is 59.1 Å². The molecule has 0 aliphatic rings. The van der Waals surface area contributed by atoms with Crippen LogP contribution in [0.2, 0.25) is 5.02 Å². The zero-order chi connectivity index (χ0) is 11.4. The molecule has 2 rings (SSSR count). The molecule has 1 N–H and O–H groups in total. The molecule has 0 aliphatic heterocycles. The number of pyridine rings is 1. The van der Waals surface area contributed by atoms with E-state index in [0.29, 0.717) is 17.3 Å². The SMILES string of the molecule is Fc1ccccc1NCc1ccncc1Cl. The first kappa shape index (κ1) is 10.9. The van der Waals surface area contributed by atoms with Gasteiger partial charge in [-0.25, -0.2) is 4.39 Å². The molecule has 82 valence electrons. The average Bonchev–Trinajstić information content (AvgIpc) is 2.30. The molecular weight excluding hydrogens is 227 g/mol. The molecule has 0 amide bonds. The molecule has 4 heteroatoms. The second-order valence-electron chi connectivity index (χ2n) is 3.30. The van der Waals surface area contributed by atoms with E-state index in [2.05, 4.69) is 10.3 Å². The average molecular weight is 237 g/mol. The molecule has 0 fully saturated rings. The third-order valence-electron chi connectivity index (χ3n) is 2.20. The Labute approximate surface area is 98.1 Å². The Bertz CT molecular complexity index is 442. The number of halogens is 2. The molecule has 2 nitrogen and oxygen atoms in total. The predicted molar refractivity (Wildman–Crippen MR) is 63.0 cm³/mol. The Kier molecular flexibility index (Phi) is 3.37. The summed E-state index contributed by atoms with van der Waals surface area (Å²) in [7, 11) is 0. The summed E-state index contributed by atoms with van der Waals surface area (Å²) >= 11 is 5.93. The van der Waals surface area contributed by atoms with Crippen molar-refractivity contribution in [2.75, 3.05) is 5.32 Å². The first-order valence-corrected chi connectivity index (χ1v) is 5.22. The van der Waals surface area contributed by atoms with E-state index in [1.165, 1.54) is 6.07 Å². The molecule has 0 atom stereocenters. The summed E-state index contributed by atoms with van der Waals surface area (Å²) in [5.41, 5.74) is 1.36. The van der Waals surface area contributed by atoms with Crippen LogP contribution < -0.4 is 5.32 Å². The highest BCUT2D eigenvalue weighted by Crippen LogP contribution is 2.17. The van der Waals surface area contributed by atoms with E-state index in [1.54, 1.807) is 36.7 Å². The van der Waals surface area contributed by atoms with Gasteiger partial charge in [0.25, 0.3) is 0 Å². The van der Waals surface area contributed by atoms with Gasteiger partial charge in [-0.3, -0.25) is 4.98 Å².